The first kappa shape index (κ1) is 22.0. The first-order valence-electron chi connectivity index (χ1n) is 10.1. The summed E-state index contributed by atoms with van der Waals surface area (Å²) >= 11 is 0. The number of para-hydroxylation sites is 1. The van der Waals surface area contributed by atoms with Gasteiger partial charge < -0.3 is 9.64 Å². The maximum Gasteiger partial charge on any atom is 0.490 e. The zero-order valence-corrected chi connectivity index (χ0v) is 16.4. The van der Waals surface area contributed by atoms with Gasteiger partial charge in [0.25, 0.3) is 0 Å². The predicted molar refractivity (Wildman–Crippen MR) is 96.8 cm³/mol. The van der Waals surface area contributed by atoms with Crippen molar-refractivity contribution in [1.29, 1.82) is 0 Å². The van der Waals surface area contributed by atoms with Gasteiger partial charge in [0.1, 0.15) is 5.60 Å². The average Bonchev–Trinajstić information content (AvgIpc) is 2.65. The number of ether oxygens (including phenoxy) is 1. The Hall–Kier alpha value is -2.26. The molecule has 0 N–H and O–H groups in total. The van der Waals surface area contributed by atoms with Crippen molar-refractivity contribution in [1.82, 2.24) is 0 Å². The molecule has 31 heavy (non-hydrogen) atoms. The van der Waals surface area contributed by atoms with E-state index in [0.717, 1.165) is 6.42 Å². The van der Waals surface area contributed by atoms with E-state index in [1.54, 1.807) is 6.07 Å². The van der Waals surface area contributed by atoms with Crippen molar-refractivity contribution in [2.24, 2.45) is 23.7 Å². The number of carbonyl (C=O) groups excluding carboxylic acids is 2. The van der Waals surface area contributed by atoms with Gasteiger partial charge in [-0.3, -0.25) is 4.79 Å². The normalized spacial score (nSPS) is 32.1. The minimum atomic E-state index is -5.20. The van der Waals surface area contributed by atoms with Gasteiger partial charge in [0, 0.05) is 18.2 Å². The van der Waals surface area contributed by atoms with Crippen LogP contribution in [0.2, 0.25) is 0 Å². The molecule has 4 bridgehead atoms. The first-order chi connectivity index (χ1) is 14.4. The van der Waals surface area contributed by atoms with Gasteiger partial charge in [0.05, 0.1) is 0 Å². The highest BCUT2D eigenvalue weighted by molar-refractivity contribution is 5.97. The Kier molecular flexibility index (Phi) is 5.25. The second-order valence-electron chi connectivity index (χ2n) is 8.92. The number of benzene rings is 1. The molecule has 4 fully saturated rings. The predicted octanol–water partition coefficient (Wildman–Crippen LogP) is 4.88. The highest BCUT2D eigenvalue weighted by Crippen LogP contribution is 2.60. The van der Waals surface area contributed by atoms with Crippen LogP contribution in [-0.2, 0) is 14.3 Å². The molecule has 4 aliphatic rings. The van der Waals surface area contributed by atoms with E-state index < -0.39 is 42.3 Å². The van der Waals surface area contributed by atoms with E-state index in [1.165, 1.54) is 24.3 Å². The molecular weight excluding hydrogens is 428 g/mol. The number of esters is 1. The summed E-state index contributed by atoms with van der Waals surface area (Å²) in [7, 11) is 0. The van der Waals surface area contributed by atoms with Gasteiger partial charge in [-0.05, 0) is 62.0 Å². The van der Waals surface area contributed by atoms with Crippen molar-refractivity contribution in [2.45, 2.75) is 50.1 Å². The molecule has 4 saturated carbocycles. The Balaban J connectivity index is 1.69. The van der Waals surface area contributed by atoms with Crippen LogP contribution in [0.5, 0.6) is 0 Å². The molecule has 10 heteroatoms. The number of hydrogen-bond acceptors (Lipinski definition) is 3. The molecule has 1 aromatic rings. The van der Waals surface area contributed by atoms with Crippen LogP contribution in [-0.4, -0.2) is 36.4 Å². The number of halogens is 6. The Labute approximate surface area is 174 Å². The van der Waals surface area contributed by atoms with Crippen LogP contribution >= 0.6 is 0 Å². The van der Waals surface area contributed by atoms with Crippen LogP contribution in [0, 0.1) is 23.7 Å². The summed E-state index contributed by atoms with van der Waals surface area (Å²) in [5, 5.41) is 0. The minimum absolute atomic E-state index is 0.00377. The average molecular weight is 449 g/mol. The summed E-state index contributed by atoms with van der Waals surface area (Å²) in [5.74, 6) is -5.30. The van der Waals surface area contributed by atoms with E-state index >= 15 is 0 Å². The lowest BCUT2D eigenvalue weighted by atomic mass is 9.49. The summed E-state index contributed by atoms with van der Waals surface area (Å²) in [4.78, 5) is 24.5. The molecule has 0 aromatic heterocycles. The Bertz CT molecular complexity index is 839. The van der Waals surface area contributed by atoms with Gasteiger partial charge >= 0.3 is 24.2 Å². The van der Waals surface area contributed by atoms with Gasteiger partial charge in [-0.1, -0.05) is 18.2 Å². The van der Waals surface area contributed by atoms with Crippen LogP contribution in [0.25, 0.3) is 0 Å². The lowest BCUT2D eigenvalue weighted by Gasteiger charge is -2.60. The number of alkyl halides is 6. The topological polar surface area (TPSA) is 46.6 Å². The van der Waals surface area contributed by atoms with Crippen molar-refractivity contribution in [3.05, 3.63) is 30.3 Å². The molecule has 4 nitrogen and oxygen atoms in total. The fourth-order valence-corrected chi connectivity index (χ4v) is 6.05. The lowest BCUT2D eigenvalue weighted by molar-refractivity contribution is -0.242. The molecule has 4 aliphatic carbocycles. The Morgan fingerprint density at radius 3 is 2.03 bits per heavy atom. The summed E-state index contributed by atoms with van der Waals surface area (Å²) < 4.78 is 84.0. The van der Waals surface area contributed by atoms with Gasteiger partial charge in [-0.2, -0.15) is 26.3 Å². The molecule has 1 aromatic carbocycles. The van der Waals surface area contributed by atoms with E-state index in [0.29, 0.717) is 17.7 Å². The Morgan fingerprint density at radius 1 is 0.935 bits per heavy atom. The first-order valence-corrected chi connectivity index (χ1v) is 10.1. The zero-order valence-electron chi connectivity index (χ0n) is 16.4. The summed E-state index contributed by atoms with van der Waals surface area (Å²) in [5.41, 5.74) is -1.52. The number of anilines is 1. The third-order valence-corrected chi connectivity index (χ3v) is 6.91. The molecule has 0 spiro atoms. The van der Waals surface area contributed by atoms with E-state index in [2.05, 4.69) is 0 Å². The van der Waals surface area contributed by atoms with Crippen molar-refractivity contribution in [3.8, 4) is 0 Å². The van der Waals surface area contributed by atoms with Crippen molar-refractivity contribution >= 4 is 17.6 Å². The van der Waals surface area contributed by atoms with E-state index in [4.69, 9.17) is 4.74 Å². The number of hydrogen-bond donors (Lipinski definition) is 0. The SMILES string of the molecule is O=C(OC12CC3CC(CC(C3)C1CN(C(=O)C(F)(F)F)c1ccccc1)C2)C(F)(F)F. The third kappa shape index (κ3) is 4.13. The van der Waals surface area contributed by atoms with Crippen LogP contribution in [0.1, 0.15) is 32.1 Å². The summed E-state index contributed by atoms with van der Waals surface area (Å²) in [6.45, 7) is -0.461. The fraction of sp³-hybridized carbons (Fsp3) is 0.619. The number of amides is 1. The van der Waals surface area contributed by atoms with Gasteiger partial charge in [0.15, 0.2) is 0 Å². The quantitative estimate of drug-likeness (QED) is 0.486. The molecule has 170 valence electrons. The summed E-state index contributed by atoms with van der Waals surface area (Å²) in [6, 6.07) is 7.21. The van der Waals surface area contributed by atoms with Crippen molar-refractivity contribution in [2.75, 3.05) is 11.4 Å². The van der Waals surface area contributed by atoms with Crippen LogP contribution in [0.3, 0.4) is 0 Å². The van der Waals surface area contributed by atoms with Crippen molar-refractivity contribution in [3.63, 3.8) is 0 Å². The van der Waals surface area contributed by atoms with Crippen LogP contribution in [0.15, 0.2) is 30.3 Å². The minimum Gasteiger partial charge on any atom is -0.452 e. The molecule has 0 heterocycles. The maximum absolute atomic E-state index is 13.3. The Morgan fingerprint density at radius 2 is 1.52 bits per heavy atom. The monoisotopic (exact) mass is 449 g/mol. The molecule has 0 radical (unpaired) electrons. The molecule has 0 saturated heterocycles. The molecule has 3 atom stereocenters. The van der Waals surface area contributed by atoms with Crippen LogP contribution < -0.4 is 4.90 Å². The third-order valence-electron chi connectivity index (χ3n) is 6.91. The molecule has 0 aliphatic heterocycles. The number of nitrogens with zero attached hydrogens (tertiary/aromatic N) is 1. The van der Waals surface area contributed by atoms with Crippen molar-refractivity contribution < 1.29 is 40.7 Å². The van der Waals surface area contributed by atoms with Gasteiger partial charge in [-0.15, -0.1) is 0 Å². The highest BCUT2D eigenvalue weighted by atomic mass is 19.4. The largest absolute Gasteiger partial charge is 0.490 e. The number of rotatable bonds is 4. The zero-order chi connectivity index (χ0) is 22.6. The maximum atomic E-state index is 13.3. The highest BCUT2D eigenvalue weighted by Gasteiger charge is 2.62. The molecule has 3 unspecified atom stereocenters. The second-order valence-corrected chi connectivity index (χ2v) is 8.92. The van der Waals surface area contributed by atoms with E-state index in [1.807, 2.05) is 0 Å². The molecule has 5 rings (SSSR count). The van der Waals surface area contributed by atoms with Gasteiger partial charge in [0.2, 0.25) is 0 Å². The van der Waals surface area contributed by atoms with E-state index in [9.17, 15) is 35.9 Å². The van der Waals surface area contributed by atoms with Gasteiger partial charge in [-0.25, -0.2) is 4.79 Å². The lowest BCUT2D eigenvalue weighted by Crippen LogP contribution is -2.63. The molecular formula is C21H21F6NO3. The molecule has 1 amide bonds. The van der Waals surface area contributed by atoms with E-state index in [-0.39, 0.29) is 36.3 Å². The second kappa shape index (κ2) is 7.41. The smallest absolute Gasteiger partial charge is 0.452 e. The fourth-order valence-electron chi connectivity index (χ4n) is 6.05. The standard InChI is InChI=1S/C21H21F6NO3/c22-20(23,24)17(29)28(15-4-2-1-3-5-15)11-16-14-7-12-6-13(8-14)10-19(16,9-12)31-18(30)21(25,26)27/h1-5,12-14,16H,6-11H2. The summed E-state index contributed by atoms with van der Waals surface area (Å²) in [6.07, 6.45) is -7.89. The van der Waals surface area contributed by atoms with Crippen LogP contribution in [0.4, 0.5) is 32.0 Å². The number of carbonyl (C=O) groups is 2.